The lowest BCUT2D eigenvalue weighted by Gasteiger charge is -2.18. The van der Waals surface area contributed by atoms with Gasteiger partial charge in [0.1, 0.15) is 6.04 Å². The summed E-state index contributed by atoms with van der Waals surface area (Å²) in [4.78, 5) is 28.2. The fraction of sp³-hybridized carbons (Fsp3) is 0.312. The van der Waals surface area contributed by atoms with Crippen LogP contribution in [0.3, 0.4) is 0 Å². The maximum atomic E-state index is 12.4. The number of aryl methyl sites for hydroxylation is 3. The summed E-state index contributed by atoms with van der Waals surface area (Å²) < 4.78 is 1.40. The predicted octanol–water partition coefficient (Wildman–Crippen LogP) is 2.37. The standard InChI is InChI=1S/C16H19N3O2/c1-10-7-5-6-8-14(10)18-15(20)13(4)19-12(3)9-11(2)17-16(19)21/h5-9,13H,1-4H3,(H,18,20)/t13-/m0/s1. The van der Waals surface area contributed by atoms with Gasteiger partial charge in [-0.15, -0.1) is 0 Å². The second-order valence-electron chi connectivity index (χ2n) is 5.17. The third kappa shape index (κ3) is 3.18. The first-order chi connectivity index (χ1) is 9.90. The smallest absolute Gasteiger partial charge is 0.324 e. The maximum Gasteiger partial charge on any atom is 0.348 e. The summed E-state index contributed by atoms with van der Waals surface area (Å²) in [6.45, 7) is 7.18. The summed E-state index contributed by atoms with van der Waals surface area (Å²) in [6.07, 6.45) is 0. The van der Waals surface area contributed by atoms with Gasteiger partial charge in [0.05, 0.1) is 0 Å². The van der Waals surface area contributed by atoms with Crippen molar-refractivity contribution in [3.8, 4) is 0 Å². The molecular weight excluding hydrogens is 266 g/mol. The molecule has 1 heterocycles. The van der Waals surface area contributed by atoms with Crippen LogP contribution in [0, 0.1) is 20.8 Å². The van der Waals surface area contributed by atoms with Crippen molar-refractivity contribution >= 4 is 11.6 Å². The molecule has 5 heteroatoms. The second kappa shape index (κ2) is 5.91. The summed E-state index contributed by atoms with van der Waals surface area (Å²) in [5, 5.41) is 2.85. The molecule has 110 valence electrons. The van der Waals surface area contributed by atoms with Crippen LogP contribution >= 0.6 is 0 Å². The number of hydrogen-bond donors (Lipinski definition) is 1. The molecule has 1 amide bonds. The van der Waals surface area contributed by atoms with Crippen molar-refractivity contribution in [1.82, 2.24) is 9.55 Å². The Hall–Kier alpha value is -2.43. The van der Waals surface area contributed by atoms with E-state index in [1.54, 1.807) is 26.8 Å². The molecule has 0 saturated heterocycles. The lowest BCUT2D eigenvalue weighted by molar-refractivity contribution is -0.118. The van der Waals surface area contributed by atoms with Crippen LogP contribution < -0.4 is 11.0 Å². The molecule has 0 aliphatic heterocycles. The Balaban J connectivity index is 2.29. The highest BCUT2D eigenvalue weighted by molar-refractivity contribution is 5.94. The molecule has 0 radical (unpaired) electrons. The molecule has 2 rings (SSSR count). The van der Waals surface area contributed by atoms with Crippen LogP contribution in [0.15, 0.2) is 35.1 Å². The van der Waals surface area contributed by atoms with Gasteiger partial charge in [-0.3, -0.25) is 9.36 Å². The van der Waals surface area contributed by atoms with Gasteiger partial charge in [-0.1, -0.05) is 18.2 Å². The predicted molar refractivity (Wildman–Crippen MR) is 82.5 cm³/mol. The summed E-state index contributed by atoms with van der Waals surface area (Å²) in [6, 6.07) is 8.70. The molecule has 1 aromatic carbocycles. The average molecular weight is 285 g/mol. The quantitative estimate of drug-likeness (QED) is 0.941. The minimum Gasteiger partial charge on any atom is -0.324 e. The molecule has 0 bridgehead atoms. The van der Waals surface area contributed by atoms with Crippen molar-refractivity contribution in [3.63, 3.8) is 0 Å². The molecule has 0 aliphatic rings. The lowest BCUT2D eigenvalue weighted by Crippen LogP contribution is -2.34. The number of nitrogens with zero attached hydrogens (tertiary/aromatic N) is 2. The summed E-state index contributed by atoms with van der Waals surface area (Å²) >= 11 is 0. The molecule has 2 aromatic rings. The first-order valence-electron chi connectivity index (χ1n) is 6.83. The van der Waals surface area contributed by atoms with Crippen LogP contribution in [-0.2, 0) is 4.79 Å². The third-order valence-corrected chi connectivity index (χ3v) is 3.45. The van der Waals surface area contributed by atoms with Gasteiger partial charge in [-0.25, -0.2) is 4.79 Å². The molecule has 0 aliphatic carbocycles. The molecule has 0 fully saturated rings. The number of hydrogen-bond acceptors (Lipinski definition) is 3. The molecule has 21 heavy (non-hydrogen) atoms. The van der Waals surface area contributed by atoms with Gasteiger partial charge in [-0.2, -0.15) is 4.98 Å². The molecule has 1 aromatic heterocycles. The number of aromatic nitrogens is 2. The van der Waals surface area contributed by atoms with Crippen LogP contribution in [0.2, 0.25) is 0 Å². The normalized spacial score (nSPS) is 12.0. The van der Waals surface area contributed by atoms with Gasteiger partial charge in [0.2, 0.25) is 5.91 Å². The zero-order valence-corrected chi connectivity index (χ0v) is 12.7. The van der Waals surface area contributed by atoms with E-state index >= 15 is 0 Å². The number of rotatable bonds is 3. The number of nitrogens with one attached hydrogen (secondary N) is 1. The van der Waals surface area contributed by atoms with Gasteiger partial charge in [-0.05, 0) is 45.4 Å². The van der Waals surface area contributed by atoms with Crippen LogP contribution in [0.4, 0.5) is 5.69 Å². The Morgan fingerprint density at radius 2 is 1.90 bits per heavy atom. The number of para-hydroxylation sites is 1. The van der Waals surface area contributed by atoms with Crippen LogP contribution in [-0.4, -0.2) is 15.5 Å². The van der Waals surface area contributed by atoms with Crippen molar-refractivity contribution < 1.29 is 4.79 Å². The van der Waals surface area contributed by atoms with Crippen LogP contribution in [0.5, 0.6) is 0 Å². The largest absolute Gasteiger partial charge is 0.348 e. The van der Waals surface area contributed by atoms with E-state index < -0.39 is 11.7 Å². The van der Waals surface area contributed by atoms with Gasteiger partial charge in [0, 0.05) is 17.1 Å². The topological polar surface area (TPSA) is 64.0 Å². The summed E-state index contributed by atoms with van der Waals surface area (Å²) in [7, 11) is 0. The Kier molecular flexibility index (Phi) is 4.21. The van der Waals surface area contributed by atoms with Gasteiger partial charge >= 0.3 is 5.69 Å². The zero-order chi connectivity index (χ0) is 15.6. The van der Waals surface area contributed by atoms with Crippen LogP contribution in [0.1, 0.15) is 29.9 Å². The van der Waals surface area contributed by atoms with E-state index in [1.165, 1.54) is 4.57 Å². The monoisotopic (exact) mass is 285 g/mol. The Morgan fingerprint density at radius 1 is 1.24 bits per heavy atom. The Morgan fingerprint density at radius 3 is 2.52 bits per heavy atom. The summed E-state index contributed by atoms with van der Waals surface area (Å²) in [5.41, 5.74) is 2.70. The molecule has 0 spiro atoms. The maximum absolute atomic E-state index is 12.4. The zero-order valence-electron chi connectivity index (χ0n) is 12.7. The highest BCUT2D eigenvalue weighted by Gasteiger charge is 2.19. The minimum atomic E-state index is -0.620. The Labute approximate surface area is 123 Å². The molecule has 1 atom stereocenters. The molecule has 5 nitrogen and oxygen atoms in total. The number of benzene rings is 1. The van der Waals surface area contributed by atoms with Crippen molar-refractivity contribution in [2.75, 3.05) is 5.32 Å². The second-order valence-corrected chi connectivity index (χ2v) is 5.17. The van der Waals surface area contributed by atoms with Gasteiger partial charge in [0.15, 0.2) is 0 Å². The van der Waals surface area contributed by atoms with Crippen LogP contribution in [0.25, 0.3) is 0 Å². The lowest BCUT2D eigenvalue weighted by atomic mass is 10.2. The summed E-state index contributed by atoms with van der Waals surface area (Å²) in [5.74, 6) is -0.236. The van der Waals surface area contributed by atoms with Gasteiger partial charge in [0.25, 0.3) is 0 Å². The fourth-order valence-electron chi connectivity index (χ4n) is 2.30. The number of anilines is 1. The van der Waals surface area contributed by atoms with Crippen molar-refractivity contribution in [3.05, 3.63) is 57.8 Å². The molecule has 1 N–H and O–H groups in total. The van der Waals surface area contributed by atoms with E-state index in [0.29, 0.717) is 5.69 Å². The van der Waals surface area contributed by atoms with E-state index in [4.69, 9.17) is 0 Å². The highest BCUT2D eigenvalue weighted by Crippen LogP contribution is 2.16. The van der Waals surface area contributed by atoms with Crippen molar-refractivity contribution in [1.29, 1.82) is 0 Å². The third-order valence-electron chi connectivity index (χ3n) is 3.45. The molecule has 0 saturated carbocycles. The van der Waals surface area contributed by atoms with Gasteiger partial charge < -0.3 is 5.32 Å². The molecule has 0 unspecified atom stereocenters. The number of amides is 1. The minimum absolute atomic E-state index is 0.236. The molecular formula is C16H19N3O2. The van der Waals surface area contributed by atoms with Crippen molar-refractivity contribution in [2.24, 2.45) is 0 Å². The van der Waals surface area contributed by atoms with E-state index in [0.717, 1.165) is 16.9 Å². The van der Waals surface area contributed by atoms with E-state index in [1.807, 2.05) is 31.2 Å². The fourth-order valence-corrected chi connectivity index (χ4v) is 2.30. The number of carbonyl (C=O) groups excluding carboxylic acids is 1. The average Bonchev–Trinajstić information content (AvgIpc) is 2.40. The van der Waals surface area contributed by atoms with E-state index in [-0.39, 0.29) is 5.91 Å². The number of carbonyl (C=O) groups is 1. The SMILES string of the molecule is Cc1cc(C)n([C@@H](C)C(=O)Nc2ccccc2C)c(=O)n1. The Bertz CT molecular complexity index is 735. The first-order valence-corrected chi connectivity index (χ1v) is 6.83. The van der Waals surface area contributed by atoms with E-state index in [9.17, 15) is 9.59 Å². The van der Waals surface area contributed by atoms with Crippen molar-refractivity contribution in [2.45, 2.75) is 33.7 Å². The first kappa shape index (κ1) is 15.0. The highest BCUT2D eigenvalue weighted by atomic mass is 16.2. The van der Waals surface area contributed by atoms with E-state index in [2.05, 4.69) is 10.3 Å².